The molecular formula is C18H25FN2O3. The number of halogens is 1. The Labute approximate surface area is 141 Å². The number of aliphatic hydroxyl groups is 1. The van der Waals surface area contributed by atoms with Gasteiger partial charge in [-0.3, -0.25) is 9.59 Å². The molecule has 2 rings (SSSR count). The van der Waals surface area contributed by atoms with Gasteiger partial charge in [0, 0.05) is 18.7 Å². The Morgan fingerprint density at radius 2 is 1.83 bits per heavy atom. The zero-order valence-electron chi connectivity index (χ0n) is 14.0. The number of aryl methyl sites for hydroxylation is 1. The third-order valence-electron chi connectivity index (χ3n) is 4.44. The number of carbonyl (C=O) groups excluding carboxylic acids is 2. The van der Waals surface area contributed by atoms with Crippen LogP contribution < -0.4 is 10.6 Å². The van der Waals surface area contributed by atoms with Crippen LogP contribution >= 0.6 is 0 Å². The summed E-state index contributed by atoms with van der Waals surface area (Å²) in [5.41, 5.74) is -0.147. The van der Waals surface area contributed by atoms with Gasteiger partial charge in [0.05, 0.1) is 12.0 Å². The lowest BCUT2D eigenvalue weighted by atomic mass is 9.82. The molecule has 6 heteroatoms. The Bertz CT molecular complexity index is 598. The van der Waals surface area contributed by atoms with E-state index in [0.29, 0.717) is 18.4 Å². The van der Waals surface area contributed by atoms with Crippen LogP contribution in [0.5, 0.6) is 0 Å². The lowest BCUT2D eigenvalue weighted by Crippen LogP contribution is -2.40. The van der Waals surface area contributed by atoms with Gasteiger partial charge in [0.1, 0.15) is 5.82 Å². The first-order chi connectivity index (χ1) is 11.4. The molecule has 1 aliphatic carbocycles. The predicted molar refractivity (Wildman–Crippen MR) is 89.1 cm³/mol. The molecule has 1 fully saturated rings. The Morgan fingerprint density at radius 1 is 1.17 bits per heavy atom. The van der Waals surface area contributed by atoms with Crippen molar-refractivity contribution >= 4 is 11.8 Å². The molecule has 0 aromatic heterocycles. The summed E-state index contributed by atoms with van der Waals surface area (Å²) in [6, 6.07) is 4.31. The molecule has 1 aliphatic rings. The van der Waals surface area contributed by atoms with Gasteiger partial charge >= 0.3 is 0 Å². The van der Waals surface area contributed by atoms with Crippen molar-refractivity contribution in [2.45, 2.75) is 51.0 Å². The van der Waals surface area contributed by atoms with Crippen molar-refractivity contribution in [2.75, 3.05) is 13.1 Å². The number of amides is 2. The van der Waals surface area contributed by atoms with Crippen LogP contribution in [0, 0.1) is 12.7 Å². The number of rotatable bonds is 6. The lowest BCUT2D eigenvalue weighted by molar-refractivity contribution is -0.127. The van der Waals surface area contributed by atoms with Crippen LogP contribution in [0.1, 0.15) is 54.4 Å². The first-order valence-electron chi connectivity index (χ1n) is 8.43. The van der Waals surface area contributed by atoms with E-state index in [1.165, 1.54) is 6.07 Å². The fourth-order valence-corrected chi connectivity index (χ4v) is 2.96. The second kappa shape index (κ2) is 8.24. The Balaban J connectivity index is 1.69. The van der Waals surface area contributed by atoms with Gasteiger partial charge in [-0.25, -0.2) is 4.39 Å². The van der Waals surface area contributed by atoms with E-state index in [0.717, 1.165) is 19.3 Å². The fraction of sp³-hybridized carbons (Fsp3) is 0.556. The van der Waals surface area contributed by atoms with Crippen molar-refractivity contribution in [1.82, 2.24) is 10.6 Å². The van der Waals surface area contributed by atoms with Crippen molar-refractivity contribution in [3.05, 3.63) is 35.1 Å². The van der Waals surface area contributed by atoms with Gasteiger partial charge in [-0.1, -0.05) is 25.3 Å². The molecule has 0 bridgehead atoms. The molecule has 0 heterocycles. The Morgan fingerprint density at radius 3 is 2.50 bits per heavy atom. The van der Waals surface area contributed by atoms with Gasteiger partial charge < -0.3 is 15.7 Å². The highest BCUT2D eigenvalue weighted by atomic mass is 19.1. The van der Waals surface area contributed by atoms with Gasteiger partial charge in [-0.15, -0.1) is 0 Å². The van der Waals surface area contributed by atoms with Crippen LogP contribution in [-0.2, 0) is 4.79 Å². The molecule has 1 aromatic carbocycles. The van der Waals surface area contributed by atoms with E-state index >= 15 is 0 Å². The maximum Gasteiger partial charge on any atom is 0.251 e. The Hall–Kier alpha value is -1.95. The fourth-order valence-electron chi connectivity index (χ4n) is 2.96. The van der Waals surface area contributed by atoms with Crippen molar-refractivity contribution in [3.63, 3.8) is 0 Å². The summed E-state index contributed by atoms with van der Waals surface area (Å²) in [5, 5.41) is 15.6. The van der Waals surface area contributed by atoms with Crippen molar-refractivity contribution < 1.29 is 19.1 Å². The summed E-state index contributed by atoms with van der Waals surface area (Å²) in [7, 11) is 0. The molecule has 0 aliphatic heterocycles. The van der Waals surface area contributed by atoms with Crippen LogP contribution in [0.25, 0.3) is 0 Å². The van der Waals surface area contributed by atoms with E-state index in [2.05, 4.69) is 10.6 Å². The van der Waals surface area contributed by atoms with Crippen molar-refractivity contribution in [1.29, 1.82) is 0 Å². The summed E-state index contributed by atoms with van der Waals surface area (Å²) in [4.78, 5) is 23.8. The third-order valence-corrected chi connectivity index (χ3v) is 4.44. The summed E-state index contributed by atoms with van der Waals surface area (Å²) in [6.07, 6.45) is 4.44. The van der Waals surface area contributed by atoms with E-state index in [1.54, 1.807) is 19.1 Å². The van der Waals surface area contributed by atoms with E-state index < -0.39 is 11.4 Å². The number of benzene rings is 1. The summed E-state index contributed by atoms with van der Waals surface area (Å²) in [6.45, 7) is 2.15. The molecule has 132 valence electrons. The van der Waals surface area contributed by atoms with Gasteiger partial charge in [0.15, 0.2) is 0 Å². The first-order valence-corrected chi connectivity index (χ1v) is 8.43. The van der Waals surface area contributed by atoms with Crippen LogP contribution in [0.3, 0.4) is 0 Å². The minimum atomic E-state index is -0.884. The molecule has 1 saturated carbocycles. The zero-order chi connectivity index (χ0) is 17.6. The molecule has 0 unspecified atom stereocenters. The largest absolute Gasteiger partial charge is 0.389 e. The van der Waals surface area contributed by atoms with E-state index in [4.69, 9.17) is 0 Å². The van der Waals surface area contributed by atoms with Gasteiger partial charge in [0.2, 0.25) is 5.91 Å². The van der Waals surface area contributed by atoms with E-state index in [1.807, 2.05) is 0 Å². The van der Waals surface area contributed by atoms with Crippen molar-refractivity contribution in [2.24, 2.45) is 0 Å². The third kappa shape index (κ3) is 5.30. The second-order valence-corrected chi connectivity index (χ2v) is 6.53. The van der Waals surface area contributed by atoms with Crippen LogP contribution in [0.4, 0.5) is 4.39 Å². The number of hydrogen-bond acceptors (Lipinski definition) is 3. The maximum atomic E-state index is 13.4. The molecule has 0 radical (unpaired) electrons. The van der Waals surface area contributed by atoms with E-state index in [-0.39, 0.29) is 36.9 Å². The number of hydrogen-bond donors (Lipinski definition) is 3. The highest BCUT2D eigenvalue weighted by Gasteiger charge is 2.31. The maximum absolute atomic E-state index is 13.4. The molecule has 2 amide bonds. The summed E-state index contributed by atoms with van der Waals surface area (Å²) < 4.78 is 13.4. The average Bonchev–Trinajstić information content (AvgIpc) is 2.54. The normalized spacial score (nSPS) is 16.5. The number of carbonyl (C=O) groups is 2. The van der Waals surface area contributed by atoms with Gasteiger partial charge in [-0.05, 0) is 37.5 Å². The number of nitrogens with one attached hydrogen (secondary N) is 2. The molecule has 24 heavy (non-hydrogen) atoms. The molecule has 0 atom stereocenters. The quantitative estimate of drug-likeness (QED) is 0.696. The highest BCUT2D eigenvalue weighted by molar-refractivity contribution is 5.94. The molecular weight excluding hydrogens is 311 g/mol. The lowest BCUT2D eigenvalue weighted by Gasteiger charge is -2.31. The summed E-state index contributed by atoms with van der Waals surface area (Å²) >= 11 is 0. The second-order valence-electron chi connectivity index (χ2n) is 6.53. The first kappa shape index (κ1) is 18.4. The topological polar surface area (TPSA) is 78.4 Å². The predicted octanol–water partition coefficient (Wildman–Crippen LogP) is 2.07. The molecule has 5 nitrogen and oxygen atoms in total. The average molecular weight is 336 g/mol. The SMILES string of the molecule is Cc1ccc(C(=O)NCCNC(=O)CC2(O)CCCCC2)cc1F. The standard InChI is InChI=1S/C18H25FN2O3/c1-13-5-6-14(11-15(13)19)17(23)21-10-9-20-16(22)12-18(24)7-3-2-4-8-18/h5-6,11,24H,2-4,7-10,12H2,1H3,(H,20,22)(H,21,23). The van der Waals surface area contributed by atoms with Crippen LogP contribution in [-0.4, -0.2) is 35.6 Å². The van der Waals surface area contributed by atoms with Gasteiger partial charge in [-0.2, -0.15) is 0 Å². The molecule has 1 aromatic rings. The van der Waals surface area contributed by atoms with Gasteiger partial charge in [0.25, 0.3) is 5.91 Å². The zero-order valence-corrected chi connectivity index (χ0v) is 14.0. The minimum absolute atomic E-state index is 0.101. The monoisotopic (exact) mass is 336 g/mol. The summed E-state index contributed by atoms with van der Waals surface area (Å²) in [5.74, 6) is -1.01. The smallest absolute Gasteiger partial charge is 0.251 e. The van der Waals surface area contributed by atoms with E-state index in [9.17, 15) is 19.1 Å². The molecule has 3 N–H and O–H groups in total. The van der Waals surface area contributed by atoms with Crippen molar-refractivity contribution in [3.8, 4) is 0 Å². The van der Waals surface area contributed by atoms with Crippen LogP contribution in [0.15, 0.2) is 18.2 Å². The highest BCUT2D eigenvalue weighted by Crippen LogP contribution is 2.30. The Kier molecular flexibility index (Phi) is 6.31. The minimum Gasteiger partial charge on any atom is -0.389 e. The molecule has 0 spiro atoms. The molecule has 0 saturated heterocycles. The van der Waals surface area contributed by atoms with Crippen LogP contribution in [0.2, 0.25) is 0 Å².